The van der Waals surface area contributed by atoms with Gasteiger partial charge in [-0.05, 0) is 24.0 Å². The number of methoxy groups -OCH3 is 2. The Morgan fingerprint density at radius 3 is 2.67 bits per heavy atom. The van der Waals surface area contributed by atoms with Crippen molar-refractivity contribution < 1.29 is 9.47 Å². The Morgan fingerprint density at radius 1 is 1.14 bits per heavy atom. The molecule has 1 aliphatic heterocycles. The molecule has 0 bridgehead atoms. The molecule has 0 saturated heterocycles. The SMILES string of the molecule is COc1ccc(-c2nnc3n2CC(C)(C)CC3)c(OC)c1. The van der Waals surface area contributed by atoms with Gasteiger partial charge in [-0.2, -0.15) is 0 Å². The minimum atomic E-state index is 0.268. The van der Waals surface area contributed by atoms with Crippen molar-refractivity contribution in [3.05, 3.63) is 24.0 Å². The molecule has 0 spiro atoms. The summed E-state index contributed by atoms with van der Waals surface area (Å²) in [5.74, 6) is 3.46. The van der Waals surface area contributed by atoms with E-state index < -0.39 is 0 Å². The summed E-state index contributed by atoms with van der Waals surface area (Å²) < 4.78 is 13.0. The second-order valence-corrected chi connectivity index (χ2v) is 6.26. The summed E-state index contributed by atoms with van der Waals surface area (Å²) in [6.07, 6.45) is 2.11. The highest BCUT2D eigenvalue weighted by atomic mass is 16.5. The van der Waals surface area contributed by atoms with Gasteiger partial charge in [0.05, 0.1) is 19.8 Å². The maximum atomic E-state index is 5.49. The highest BCUT2D eigenvalue weighted by Crippen LogP contribution is 2.37. The van der Waals surface area contributed by atoms with Crippen LogP contribution in [0.25, 0.3) is 11.4 Å². The molecule has 0 amide bonds. The number of ether oxygens (including phenoxy) is 2. The lowest BCUT2D eigenvalue weighted by atomic mass is 9.85. The van der Waals surface area contributed by atoms with Crippen molar-refractivity contribution in [1.29, 1.82) is 0 Å². The maximum absolute atomic E-state index is 5.49. The van der Waals surface area contributed by atoms with E-state index in [9.17, 15) is 0 Å². The molecule has 2 heterocycles. The molecule has 0 atom stereocenters. The fraction of sp³-hybridized carbons (Fsp3) is 0.500. The van der Waals surface area contributed by atoms with E-state index in [4.69, 9.17) is 9.47 Å². The smallest absolute Gasteiger partial charge is 0.167 e. The number of rotatable bonds is 3. The minimum absolute atomic E-state index is 0.268. The molecule has 0 fully saturated rings. The van der Waals surface area contributed by atoms with Crippen LogP contribution < -0.4 is 9.47 Å². The lowest BCUT2D eigenvalue weighted by molar-refractivity contribution is 0.248. The topological polar surface area (TPSA) is 49.2 Å². The summed E-state index contributed by atoms with van der Waals surface area (Å²) in [5, 5.41) is 8.73. The Morgan fingerprint density at radius 2 is 1.95 bits per heavy atom. The van der Waals surface area contributed by atoms with Gasteiger partial charge in [-0.25, -0.2) is 0 Å². The summed E-state index contributed by atoms with van der Waals surface area (Å²) in [5.41, 5.74) is 1.22. The summed E-state index contributed by atoms with van der Waals surface area (Å²) in [7, 11) is 3.31. The van der Waals surface area contributed by atoms with Crippen LogP contribution in [0.1, 0.15) is 26.1 Å². The van der Waals surface area contributed by atoms with Gasteiger partial charge in [0, 0.05) is 19.0 Å². The third kappa shape index (κ3) is 2.48. The predicted octanol–water partition coefficient (Wildman–Crippen LogP) is 2.93. The number of aromatic nitrogens is 3. The Hall–Kier alpha value is -2.04. The van der Waals surface area contributed by atoms with Gasteiger partial charge in [0.2, 0.25) is 0 Å². The average Bonchev–Trinajstić information content (AvgIpc) is 2.88. The molecule has 0 radical (unpaired) electrons. The predicted molar refractivity (Wildman–Crippen MR) is 80.7 cm³/mol. The molecule has 0 saturated carbocycles. The molecule has 1 aromatic heterocycles. The summed E-state index contributed by atoms with van der Waals surface area (Å²) in [4.78, 5) is 0. The van der Waals surface area contributed by atoms with Crippen LogP contribution in [0.15, 0.2) is 18.2 Å². The van der Waals surface area contributed by atoms with Crippen molar-refractivity contribution in [2.45, 2.75) is 33.2 Å². The van der Waals surface area contributed by atoms with E-state index in [1.165, 1.54) is 0 Å². The van der Waals surface area contributed by atoms with E-state index in [1.54, 1.807) is 14.2 Å². The van der Waals surface area contributed by atoms with Crippen molar-refractivity contribution in [2.75, 3.05) is 14.2 Å². The number of hydrogen-bond donors (Lipinski definition) is 0. The van der Waals surface area contributed by atoms with Crippen molar-refractivity contribution in [2.24, 2.45) is 5.41 Å². The first kappa shape index (κ1) is 13.9. The van der Waals surface area contributed by atoms with Crippen LogP contribution in [0.5, 0.6) is 11.5 Å². The quantitative estimate of drug-likeness (QED) is 0.871. The highest BCUT2D eigenvalue weighted by Gasteiger charge is 2.29. The molecule has 1 aliphatic rings. The average molecular weight is 287 g/mol. The van der Waals surface area contributed by atoms with Crippen LogP contribution in [-0.4, -0.2) is 29.0 Å². The van der Waals surface area contributed by atoms with Gasteiger partial charge >= 0.3 is 0 Å². The molecule has 0 N–H and O–H groups in total. The second kappa shape index (κ2) is 5.06. The van der Waals surface area contributed by atoms with Gasteiger partial charge in [-0.3, -0.25) is 0 Å². The fourth-order valence-electron chi connectivity index (χ4n) is 2.83. The number of fused-ring (bicyclic) bond motifs is 1. The van der Waals surface area contributed by atoms with E-state index in [2.05, 4.69) is 28.6 Å². The Labute approximate surface area is 124 Å². The normalized spacial score (nSPS) is 16.4. The second-order valence-electron chi connectivity index (χ2n) is 6.26. The fourth-order valence-corrected chi connectivity index (χ4v) is 2.83. The van der Waals surface area contributed by atoms with Crippen LogP contribution in [0.3, 0.4) is 0 Å². The molecule has 21 heavy (non-hydrogen) atoms. The number of hydrogen-bond acceptors (Lipinski definition) is 4. The lowest BCUT2D eigenvalue weighted by Crippen LogP contribution is -2.27. The van der Waals surface area contributed by atoms with Crippen molar-refractivity contribution in [3.63, 3.8) is 0 Å². The standard InChI is InChI=1S/C16H21N3O2/c1-16(2)8-7-14-17-18-15(19(14)10-16)12-6-5-11(20-3)9-13(12)21-4/h5-6,9H,7-8,10H2,1-4H3. The monoisotopic (exact) mass is 287 g/mol. The van der Waals surface area contributed by atoms with Gasteiger partial charge < -0.3 is 14.0 Å². The van der Waals surface area contributed by atoms with Crippen LogP contribution in [-0.2, 0) is 13.0 Å². The Kier molecular flexibility index (Phi) is 3.35. The number of aryl methyl sites for hydroxylation is 1. The molecule has 0 unspecified atom stereocenters. The molecule has 112 valence electrons. The van der Waals surface area contributed by atoms with Crippen molar-refractivity contribution in [3.8, 4) is 22.9 Å². The van der Waals surface area contributed by atoms with E-state index in [1.807, 2.05) is 18.2 Å². The Balaban J connectivity index is 2.08. The zero-order chi connectivity index (χ0) is 15.0. The molecular weight excluding hydrogens is 266 g/mol. The van der Waals surface area contributed by atoms with Gasteiger partial charge in [0.15, 0.2) is 5.82 Å². The summed E-state index contributed by atoms with van der Waals surface area (Å²) in [6, 6.07) is 5.79. The van der Waals surface area contributed by atoms with Gasteiger partial charge in [0.25, 0.3) is 0 Å². The zero-order valence-corrected chi connectivity index (χ0v) is 13.0. The van der Waals surface area contributed by atoms with E-state index in [0.29, 0.717) is 0 Å². The zero-order valence-electron chi connectivity index (χ0n) is 13.0. The van der Waals surface area contributed by atoms with Crippen LogP contribution in [0.4, 0.5) is 0 Å². The van der Waals surface area contributed by atoms with E-state index >= 15 is 0 Å². The Bertz CT molecular complexity index is 662. The molecule has 5 heteroatoms. The first-order valence-electron chi connectivity index (χ1n) is 7.18. The summed E-state index contributed by atoms with van der Waals surface area (Å²) >= 11 is 0. The number of benzene rings is 1. The first-order chi connectivity index (χ1) is 10.0. The van der Waals surface area contributed by atoms with Gasteiger partial charge in [0.1, 0.15) is 17.3 Å². The molecule has 1 aromatic carbocycles. The molecule has 0 aliphatic carbocycles. The lowest BCUT2D eigenvalue weighted by Gasteiger charge is -2.30. The first-order valence-corrected chi connectivity index (χ1v) is 7.18. The molecule has 3 rings (SSSR count). The van der Waals surface area contributed by atoms with Crippen molar-refractivity contribution >= 4 is 0 Å². The third-order valence-electron chi connectivity index (χ3n) is 4.09. The largest absolute Gasteiger partial charge is 0.497 e. The van der Waals surface area contributed by atoms with Crippen LogP contribution >= 0.6 is 0 Å². The molecular formula is C16H21N3O2. The summed E-state index contributed by atoms with van der Waals surface area (Å²) in [6.45, 7) is 5.50. The van der Waals surface area contributed by atoms with E-state index in [-0.39, 0.29) is 5.41 Å². The van der Waals surface area contributed by atoms with E-state index in [0.717, 1.165) is 48.1 Å². The minimum Gasteiger partial charge on any atom is -0.497 e. The van der Waals surface area contributed by atoms with Crippen molar-refractivity contribution in [1.82, 2.24) is 14.8 Å². The molecule has 2 aromatic rings. The highest BCUT2D eigenvalue weighted by molar-refractivity contribution is 5.66. The number of nitrogens with zero attached hydrogens (tertiary/aromatic N) is 3. The van der Waals surface area contributed by atoms with Gasteiger partial charge in [-0.15, -0.1) is 10.2 Å². The third-order valence-corrected chi connectivity index (χ3v) is 4.09. The van der Waals surface area contributed by atoms with Gasteiger partial charge in [-0.1, -0.05) is 13.8 Å². The van der Waals surface area contributed by atoms with Crippen LogP contribution in [0.2, 0.25) is 0 Å². The maximum Gasteiger partial charge on any atom is 0.167 e. The molecule has 5 nitrogen and oxygen atoms in total. The van der Waals surface area contributed by atoms with Crippen LogP contribution in [0, 0.1) is 5.41 Å².